The maximum absolute atomic E-state index is 14.5. The molecular formula is C44H70O23. The highest BCUT2D eigenvalue weighted by atomic mass is 16.8. The minimum Gasteiger partial charge on any atom is -0.432 e. The van der Waals surface area contributed by atoms with Gasteiger partial charge in [0.15, 0.2) is 18.9 Å². The summed E-state index contributed by atoms with van der Waals surface area (Å²) < 4.78 is 47.2. The summed E-state index contributed by atoms with van der Waals surface area (Å²) in [5, 5.41) is 147. The molecule has 0 aromatic heterocycles. The van der Waals surface area contributed by atoms with Crippen LogP contribution < -0.4 is 0 Å². The number of fused-ring (bicyclic) bond motifs is 3. The Morgan fingerprint density at radius 2 is 1.04 bits per heavy atom. The summed E-state index contributed by atoms with van der Waals surface area (Å²) in [6.45, 7) is 5.49. The van der Waals surface area contributed by atoms with Crippen LogP contribution >= 0.6 is 0 Å². The van der Waals surface area contributed by atoms with Gasteiger partial charge in [0.2, 0.25) is 6.29 Å². The van der Waals surface area contributed by atoms with Gasteiger partial charge in [-0.15, -0.1) is 0 Å². The standard InChI is InChI=1S/C44H70O23/c1-17-11-43-9-5-22-41(2,7-4-8-42(22,3)40(59)66-38-33(58)30(55)34(21(15-48)63-38)64-36-31(56)27(52)24(49)18(12-45)60-36)23(43)6-10-44(17,16-43)67-39-35(29(54)26(51)20(14-47)62-39)65-37-32(57)28(53)25(50)19(13-46)61-37/h18-39,45-58H,1,4-16H2,2-3H3/t18-,19-,20-,21-,22+,23+,24-,25-,26-,27+,28+,29+,30-,31-,32-,33-,34-,35-,36-,37+,38+,39+,41-,42-,43-,44+/m1/s1. The van der Waals surface area contributed by atoms with Gasteiger partial charge in [-0.2, -0.15) is 0 Å². The Morgan fingerprint density at radius 3 is 1.61 bits per heavy atom. The summed E-state index contributed by atoms with van der Waals surface area (Å²) in [7, 11) is 0. The Bertz CT molecular complexity index is 1760. The zero-order valence-corrected chi connectivity index (χ0v) is 37.5. The van der Waals surface area contributed by atoms with Gasteiger partial charge in [0.1, 0.15) is 97.7 Å². The van der Waals surface area contributed by atoms with Crippen LogP contribution in [0.5, 0.6) is 0 Å². The fourth-order valence-corrected chi connectivity index (χ4v) is 13.5. The van der Waals surface area contributed by atoms with Gasteiger partial charge in [-0.3, -0.25) is 4.79 Å². The molecule has 23 nitrogen and oxygen atoms in total. The van der Waals surface area contributed by atoms with E-state index in [0.717, 1.165) is 12.0 Å². The number of carbonyl (C=O) groups excluding carboxylic acids is 1. The van der Waals surface area contributed by atoms with E-state index in [2.05, 4.69) is 13.5 Å². The molecule has 8 aliphatic rings. The molecule has 0 unspecified atom stereocenters. The first-order valence-electron chi connectivity index (χ1n) is 23.4. The van der Waals surface area contributed by atoms with Gasteiger partial charge >= 0.3 is 5.97 Å². The van der Waals surface area contributed by atoms with Crippen molar-refractivity contribution in [2.75, 3.05) is 26.4 Å². The Labute approximate surface area is 386 Å². The molecule has 8 rings (SSSR count). The van der Waals surface area contributed by atoms with Crippen molar-refractivity contribution in [3.63, 3.8) is 0 Å². The van der Waals surface area contributed by atoms with Gasteiger partial charge in [0, 0.05) is 0 Å². The van der Waals surface area contributed by atoms with Crippen molar-refractivity contribution in [3.05, 3.63) is 12.2 Å². The molecule has 23 heteroatoms. The monoisotopic (exact) mass is 966 g/mol. The molecule has 4 saturated heterocycles. The van der Waals surface area contributed by atoms with E-state index >= 15 is 0 Å². The third-order valence-electron chi connectivity index (χ3n) is 17.1. The SMILES string of the molecule is C=C1C[C@@]23CC[C@H]4[C@@](C)(CCC[C@@]4(C)C(=O)O[C@@H]4O[C@H](CO)[C@@H](O[C@H]5O[C@H](CO)[C@@H](O)[C@H](O)[C@H]5O)[C@H](O)[C@H]4O)[C@@H]2CC[C@]1(O[C@@H]1O[C@H](CO)[C@@H](O)[C@H](O)[C@H]1O[C@@H]1O[C@H](CO)[C@@H](O)[C@H](O)[C@H]1O)C3. The van der Waals surface area contributed by atoms with E-state index < -0.39 is 172 Å². The average molecular weight is 967 g/mol. The lowest BCUT2D eigenvalue weighted by molar-refractivity contribution is -0.378. The molecule has 26 atom stereocenters. The number of aliphatic hydroxyl groups excluding tert-OH is 14. The van der Waals surface area contributed by atoms with E-state index in [4.69, 9.17) is 37.9 Å². The molecule has 0 amide bonds. The molecule has 384 valence electrons. The maximum Gasteiger partial charge on any atom is 0.314 e. The highest BCUT2D eigenvalue weighted by molar-refractivity contribution is 5.77. The first-order valence-corrected chi connectivity index (χ1v) is 23.4. The molecule has 2 bridgehead atoms. The van der Waals surface area contributed by atoms with E-state index in [0.29, 0.717) is 51.4 Å². The number of ether oxygens (including phenoxy) is 8. The lowest BCUT2D eigenvalue weighted by Crippen LogP contribution is -2.66. The van der Waals surface area contributed by atoms with Crippen LogP contribution in [0.3, 0.4) is 0 Å². The largest absolute Gasteiger partial charge is 0.432 e. The van der Waals surface area contributed by atoms with Crippen molar-refractivity contribution in [1.29, 1.82) is 0 Å². The first kappa shape index (κ1) is 51.7. The second-order valence-corrected chi connectivity index (χ2v) is 20.8. The Morgan fingerprint density at radius 1 is 0.567 bits per heavy atom. The van der Waals surface area contributed by atoms with E-state index in [1.54, 1.807) is 0 Å². The number of rotatable bonds is 12. The van der Waals surface area contributed by atoms with Gasteiger partial charge in [-0.05, 0) is 86.5 Å². The Balaban J connectivity index is 0.965. The zero-order chi connectivity index (χ0) is 48.7. The predicted molar refractivity (Wildman–Crippen MR) is 219 cm³/mol. The van der Waals surface area contributed by atoms with Crippen LogP contribution in [0.4, 0.5) is 0 Å². The molecule has 0 aromatic rings. The molecular weight excluding hydrogens is 896 g/mol. The van der Waals surface area contributed by atoms with E-state index in [1.807, 2.05) is 6.92 Å². The molecule has 1 spiro atoms. The van der Waals surface area contributed by atoms with Crippen molar-refractivity contribution < 1.29 is 114 Å². The van der Waals surface area contributed by atoms with Crippen molar-refractivity contribution in [2.24, 2.45) is 28.1 Å². The number of hydrogen-bond donors (Lipinski definition) is 14. The van der Waals surface area contributed by atoms with E-state index in [1.165, 1.54) is 0 Å². The molecule has 4 aliphatic heterocycles. The smallest absolute Gasteiger partial charge is 0.314 e. The fourth-order valence-electron chi connectivity index (χ4n) is 13.5. The third-order valence-corrected chi connectivity index (χ3v) is 17.1. The topological polar surface area (TPSA) is 374 Å². The second-order valence-electron chi connectivity index (χ2n) is 20.8. The summed E-state index contributed by atoms with van der Waals surface area (Å²) in [5.41, 5.74) is -2.17. The van der Waals surface area contributed by atoms with Crippen LogP contribution in [0.15, 0.2) is 12.2 Å². The van der Waals surface area contributed by atoms with Crippen LogP contribution in [-0.4, -0.2) is 232 Å². The minimum atomic E-state index is -1.90. The number of carbonyl (C=O) groups is 1. The Hall–Kier alpha value is -1.63. The van der Waals surface area contributed by atoms with Gasteiger partial charge in [0.05, 0.1) is 37.4 Å². The van der Waals surface area contributed by atoms with Crippen LogP contribution in [0, 0.1) is 28.1 Å². The number of aliphatic hydroxyl groups is 14. The molecule has 4 saturated carbocycles. The quantitative estimate of drug-likeness (QED) is 0.0494. The fraction of sp³-hybridized carbons (Fsp3) is 0.932. The maximum atomic E-state index is 14.5. The Kier molecular flexibility index (Phi) is 15.0. The summed E-state index contributed by atoms with van der Waals surface area (Å²) in [6.07, 6.45) is -27.9. The molecule has 0 radical (unpaired) electrons. The molecule has 4 heterocycles. The van der Waals surface area contributed by atoms with Gasteiger partial charge in [-0.1, -0.05) is 19.9 Å². The second kappa shape index (κ2) is 19.4. The summed E-state index contributed by atoms with van der Waals surface area (Å²) >= 11 is 0. The zero-order valence-electron chi connectivity index (χ0n) is 37.5. The number of esters is 1. The minimum absolute atomic E-state index is 0.0469. The van der Waals surface area contributed by atoms with Gasteiger partial charge < -0.3 is 109 Å². The number of hydrogen-bond acceptors (Lipinski definition) is 23. The highest BCUT2D eigenvalue weighted by Crippen LogP contribution is 2.73. The highest BCUT2D eigenvalue weighted by Gasteiger charge is 2.69. The lowest BCUT2D eigenvalue weighted by atomic mass is 9.41. The summed E-state index contributed by atoms with van der Waals surface area (Å²) in [4.78, 5) is 14.5. The van der Waals surface area contributed by atoms with Gasteiger partial charge in [-0.25, -0.2) is 0 Å². The van der Waals surface area contributed by atoms with E-state index in [-0.39, 0.29) is 17.3 Å². The first-order chi connectivity index (χ1) is 31.6. The van der Waals surface area contributed by atoms with Crippen molar-refractivity contribution in [3.8, 4) is 0 Å². The van der Waals surface area contributed by atoms with Crippen molar-refractivity contribution in [1.82, 2.24) is 0 Å². The molecule has 8 fully saturated rings. The van der Waals surface area contributed by atoms with Crippen molar-refractivity contribution in [2.45, 2.75) is 200 Å². The molecule has 4 aliphatic carbocycles. The molecule has 0 aromatic carbocycles. The third kappa shape index (κ3) is 8.63. The normalized spacial score (nSPS) is 54.5. The van der Waals surface area contributed by atoms with Crippen LogP contribution in [0.1, 0.15) is 71.6 Å². The van der Waals surface area contributed by atoms with Crippen molar-refractivity contribution >= 4 is 5.97 Å². The van der Waals surface area contributed by atoms with Crippen LogP contribution in [-0.2, 0) is 42.7 Å². The van der Waals surface area contributed by atoms with Gasteiger partial charge in [0.25, 0.3) is 0 Å². The summed E-state index contributed by atoms with van der Waals surface area (Å²) in [6, 6.07) is 0. The summed E-state index contributed by atoms with van der Waals surface area (Å²) in [5.74, 6) is -0.852. The lowest BCUT2D eigenvalue weighted by Gasteiger charge is -2.64. The van der Waals surface area contributed by atoms with Crippen LogP contribution in [0.25, 0.3) is 0 Å². The predicted octanol–water partition coefficient (Wildman–Crippen LogP) is -5.11. The molecule has 67 heavy (non-hydrogen) atoms. The molecule has 14 N–H and O–H groups in total. The average Bonchev–Trinajstić information content (AvgIpc) is 3.50. The van der Waals surface area contributed by atoms with E-state index in [9.17, 15) is 76.3 Å². The van der Waals surface area contributed by atoms with Crippen LogP contribution in [0.2, 0.25) is 0 Å².